The summed E-state index contributed by atoms with van der Waals surface area (Å²) in [6.07, 6.45) is 1.48. The minimum Gasteiger partial charge on any atom is -0.422 e. The fraction of sp³-hybridized carbons (Fsp3) is 0. The van der Waals surface area contributed by atoms with Crippen LogP contribution < -0.4 is 10.9 Å². The number of allylic oxidation sites excluding steroid dienone is 1. The molecule has 1 N–H and O–H groups in total. The second kappa shape index (κ2) is 7.87. The zero-order valence-electron chi connectivity index (χ0n) is 14.6. The number of hydrogen-bond donors (Lipinski definition) is 1. The Morgan fingerprint density at radius 2 is 2.03 bits per heavy atom. The molecule has 0 aliphatic heterocycles. The van der Waals surface area contributed by atoms with Gasteiger partial charge in [-0.1, -0.05) is 11.6 Å². The Morgan fingerprint density at radius 1 is 1.24 bits per heavy atom. The van der Waals surface area contributed by atoms with E-state index in [1.807, 2.05) is 0 Å². The first-order valence-electron chi connectivity index (χ1n) is 8.35. The van der Waals surface area contributed by atoms with Crippen molar-refractivity contribution in [3.05, 3.63) is 86.4 Å². The van der Waals surface area contributed by atoms with Crippen molar-refractivity contribution in [2.45, 2.75) is 0 Å². The molecule has 8 heteroatoms. The highest BCUT2D eigenvalue weighted by Gasteiger charge is 2.14. The molecule has 0 atom stereocenters. The molecule has 2 aromatic heterocycles. The number of fused-ring (bicyclic) bond motifs is 1. The lowest BCUT2D eigenvalue weighted by Gasteiger charge is -2.01. The third kappa shape index (κ3) is 4.04. The van der Waals surface area contributed by atoms with Gasteiger partial charge in [0.25, 0.3) is 0 Å². The lowest BCUT2D eigenvalue weighted by atomic mass is 10.1. The molecule has 0 aliphatic rings. The fourth-order valence-electron chi connectivity index (χ4n) is 2.64. The number of nitriles is 1. The van der Waals surface area contributed by atoms with Crippen LogP contribution in [0.1, 0.15) is 5.01 Å². The van der Waals surface area contributed by atoms with Gasteiger partial charge in [0.2, 0.25) is 0 Å². The third-order valence-corrected chi connectivity index (χ3v) is 5.16. The predicted molar refractivity (Wildman–Crippen MR) is 112 cm³/mol. The molecule has 0 unspecified atom stereocenters. The summed E-state index contributed by atoms with van der Waals surface area (Å²) in [6.45, 7) is 0. The molecule has 142 valence electrons. The highest BCUT2D eigenvalue weighted by Crippen LogP contribution is 2.27. The molecule has 4 rings (SSSR count). The minimum absolute atomic E-state index is 0.277. The summed E-state index contributed by atoms with van der Waals surface area (Å²) in [5.41, 5.74) is 1.50. The predicted octanol–water partition coefficient (Wildman–Crippen LogP) is 5.69. The number of aromatic nitrogens is 1. The normalized spacial score (nSPS) is 11.4. The van der Waals surface area contributed by atoms with Crippen LogP contribution in [0.3, 0.4) is 0 Å². The van der Waals surface area contributed by atoms with Crippen molar-refractivity contribution in [2.75, 3.05) is 5.32 Å². The average Bonchev–Trinajstić information content (AvgIpc) is 3.19. The summed E-state index contributed by atoms with van der Waals surface area (Å²) in [6, 6.07) is 14.4. The zero-order valence-corrected chi connectivity index (χ0v) is 16.2. The first kappa shape index (κ1) is 18.9. The number of hydrogen-bond acceptors (Lipinski definition) is 6. The molecule has 0 saturated heterocycles. The lowest BCUT2D eigenvalue weighted by Crippen LogP contribution is -2.03. The minimum atomic E-state index is -0.524. The molecule has 0 fully saturated rings. The van der Waals surface area contributed by atoms with Crippen molar-refractivity contribution in [3.63, 3.8) is 0 Å². The van der Waals surface area contributed by atoms with Crippen LogP contribution in [0.25, 0.3) is 27.8 Å². The van der Waals surface area contributed by atoms with Crippen LogP contribution in [0, 0.1) is 17.1 Å². The van der Waals surface area contributed by atoms with Gasteiger partial charge in [-0.05, 0) is 48.5 Å². The lowest BCUT2D eigenvalue weighted by molar-refractivity contribution is 0.563. The van der Waals surface area contributed by atoms with Crippen LogP contribution in [-0.4, -0.2) is 4.98 Å². The van der Waals surface area contributed by atoms with Gasteiger partial charge in [-0.2, -0.15) is 5.26 Å². The van der Waals surface area contributed by atoms with Gasteiger partial charge in [-0.25, -0.2) is 14.2 Å². The first-order chi connectivity index (χ1) is 14.0. The summed E-state index contributed by atoms with van der Waals surface area (Å²) < 4.78 is 18.3. The van der Waals surface area contributed by atoms with Crippen molar-refractivity contribution in [1.29, 1.82) is 5.26 Å². The molecule has 4 aromatic rings. The Balaban J connectivity index is 1.66. The van der Waals surface area contributed by atoms with Crippen molar-refractivity contribution in [1.82, 2.24) is 4.98 Å². The van der Waals surface area contributed by atoms with Crippen LogP contribution in [0.4, 0.5) is 10.1 Å². The Labute approximate surface area is 173 Å². The van der Waals surface area contributed by atoms with E-state index < -0.39 is 5.63 Å². The second-order valence-electron chi connectivity index (χ2n) is 5.99. The van der Waals surface area contributed by atoms with Crippen LogP contribution in [0.2, 0.25) is 5.02 Å². The second-order valence-corrected chi connectivity index (χ2v) is 7.28. The number of rotatable bonds is 4. The zero-order chi connectivity index (χ0) is 20.4. The van der Waals surface area contributed by atoms with Gasteiger partial charge in [0.15, 0.2) is 0 Å². The van der Waals surface area contributed by atoms with Gasteiger partial charge >= 0.3 is 5.63 Å². The van der Waals surface area contributed by atoms with E-state index >= 15 is 0 Å². The van der Waals surface area contributed by atoms with Crippen LogP contribution in [0.5, 0.6) is 0 Å². The molecular weight excluding hydrogens is 413 g/mol. The highest BCUT2D eigenvalue weighted by atomic mass is 35.5. The van der Waals surface area contributed by atoms with Gasteiger partial charge < -0.3 is 9.73 Å². The summed E-state index contributed by atoms with van der Waals surface area (Å²) in [7, 11) is 0. The summed E-state index contributed by atoms with van der Waals surface area (Å²) in [5.74, 6) is -0.347. The van der Waals surface area contributed by atoms with Crippen molar-refractivity contribution >= 4 is 45.2 Å². The maximum atomic E-state index is 13.0. The molecule has 2 aromatic carbocycles. The number of nitrogens with zero attached hydrogens (tertiary/aromatic N) is 2. The van der Waals surface area contributed by atoms with E-state index in [9.17, 15) is 14.4 Å². The van der Waals surface area contributed by atoms with Crippen LogP contribution in [-0.2, 0) is 0 Å². The number of thiazole rings is 1. The molecule has 0 bridgehead atoms. The standard InChI is InChI=1S/C21H11ClFN3O2S/c22-14-1-6-19-12(7-14)8-17(21(27)28-19)18-11-29-20(26-18)13(9-24)10-25-16-4-2-15(23)3-5-16/h1-8,10-11,25H/b13-10+. The average molecular weight is 424 g/mol. The topological polar surface area (TPSA) is 78.9 Å². The maximum absolute atomic E-state index is 13.0. The van der Waals surface area contributed by atoms with Crippen LogP contribution in [0.15, 0.2) is 69.3 Å². The van der Waals surface area contributed by atoms with E-state index in [-0.39, 0.29) is 17.0 Å². The highest BCUT2D eigenvalue weighted by molar-refractivity contribution is 7.11. The van der Waals surface area contributed by atoms with E-state index in [1.54, 1.807) is 41.8 Å². The molecule has 0 aliphatic carbocycles. The van der Waals surface area contributed by atoms with E-state index in [0.29, 0.717) is 32.4 Å². The Morgan fingerprint density at radius 3 is 2.79 bits per heavy atom. The van der Waals surface area contributed by atoms with Gasteiger partial charge in [-0.15, -0.1) is 11.3 Å². The SMILES string of the molecule is N#C/C(=C\Nc1ccc(F)cc1)c1nc(-c2cc3cc(Cl)ccc3oc2=O)cs1. The molecule has 0 saturated carbocycles. The molecule has 0 radical (unpaired) electrons. The first-order valence-corrected chi connectivity index (χ1v) is 9.61. The molecule has 0 amide bonds. The summed E-state index contributed by atoms with van der Waals surface area (Å²) in [5, 5.41) is 15.7. The smallest absolute Gasteiger partial charge is 0.345 e. The Kier molecular flexibility index (Phi) is 5.12. The van der Waals surface area contributed by atoms with Crippen molar-refractivity contribution in [2.24, 2.45) is 0 Å². The van der Waals surface area contributed by atoms with Crippen molar-refractivity contribution < 1.29 is 8.81 Å². The van der Waals surface area contributed by atoms with Gasteiger partial charge in [-0.3, -0.25) is 0 Å². The largest absolute Gasteiger partial charge is 0.422 e. The van der Waals surface area contributed by atoms with Crippen molar-refractivity contribution in [3.8, 4) is 17.3 Å². The molecule has 5 nitrogen and oxygen atoms in total. The van der Waals surface area contributed by atoms with Crippen LogP contribution >= 0.6 is 22.9 Å². The number of halogens is 2. The molecular formula is C21H11ClFN3O2S. The van der Waals surface area contributed by atoms with E-state index in [1.165, 1.54) is 29.7 Å². The van der Waals surface area contributed by atoms with Gasteiger partial charge in [0.1, 0.15) is 28.1 Å². The van der Waals surface area contributed by atoms with E-state index in [2.05, 4.69) is 16.4 Å². The number of anilines is 1. The maximum Gasteiger partial charge on any atom is 0.345 e. The monoisotopic (exact) mass is 423 g/mol. The summed E-state index contributed by atoms with van der Waals surface area (Å²) >= 11 is 7.23. The quantitative estimate of drug-likeness (QED) is 0.337. The van der Waals surface area contributed by atoms with E-state index in [4.69, 9.17) is 16.0 Å². The van der Waals surface area contributed by atoms with Gasteiger partial charge in [0, 0.05) is 27.7 Å². The summed E-state index contributed by atoms with van der Waals surface area (Å²) in [4.78, 5) is 16.8. The van der Waals surface area contributed by atoms with E-state index in [0.717, 1.165) is 0 Å². The third-order valence-electron chi connectivity index (χ3n) is 4.05. The Bertz CT molecular complexity index is 1340. The van der Waals surface area contributed by atoms with Gasteiger partial charge in [0.05, 0.1) is 11.3 Å². The molecule has 2 heterocycles. The fourth-order valence-corrected chi connectivity index (χ4v) is 3.60. The number of benzene rings is 2. The molecule has 0 spiro atoms. The number of nitrogens with one attached hydrogen (secondary N) is 1. The molecule has 29 heavy (non-hydrogen) atoms. The Hall–Kier alpha value is -3.47.